The summed E-state index contributed by atoms with van der Waals surface area (Å²) in [5, 5.41) is 14.2. The summed E-state index contributed by atoms with van der Waals surface area (Å²) in [4.78, 5) is 25.3. The van der Waals surface area contributed by atoms with Crippen molar-refractivity contribution >= 4 is 17.7 Å². The van der Waals surface area contributed by atoms with Crippen molar-refractivity contribution in [3.05, 3.63) is 17.5 Å². The molecule has 1 aromatic rings. The molecular weight excluding hydrogens is 222 g/mol. The minimum Gasteiger partial charge on any atom is -0.478 e. The number of hydrogen-bond acceptors (Lipinski definition) is 2. The third kappa shape index (κ3) is 3.51. The minimum absolute atomic E-state index is 0.0778. The van der Waals surface area contributed by atoms with Crippen LogP contribution >= 0.6 is 0 Å². The molecule has 0 aliphatic heterocycles. The van der Waals surface area contributed by atoms with Gasteiger partial charge in [-0.3, -0.25) is 0 Å². The number of amides is 2. The van der Waals surface area contributed by atoms with E-state index < -0.39 is 12.0 Å². The summed E-state index contributed by atoms with van der Waals surface area (Å²) in [5.74, 6) is -1.07. The number of carbonyl (C=O) groups excluding carboxylic acids is 1. The van der Waals surface area contributed by atoms with E-state index >= 15 is 0 Å². The molecule has 0 aliphatic rings. The van der Waals surface area contributed by atoms with Gasteiger partial charge in [-0.15, -0.1) is 0 Å². The predicted octanol–water partition coefficient (Wildman–Crippen LogP) is 1.94. The number of carboxylic acid groups (broad SMARTS) is 1. The van der Waals surface area contributed by atoms with Crippen LogP contribution in [0.15, 0.2) is 6.20 Å². The largest absolute Gasteiger partial charge is 0.478 e. The number of carboxylic acids is 1. The molecular formula is C11H17N3O3. The zero-order valence-corrected chi connectivity index (χ0v) is 10.3. The number of H-pyrrole nitrogens is 1. The van der Waals surface area contributed by atoms with E-state index in [1.54, 1.807) is 6.92 Å². The number of anilines is 1. The fourth-order valence-corrected chi connectivity index (χ4v) is 1.40. The Morgan fingerprint density at radius 3 is 2.41 bits per heavy atom. The Morgan fingerprint density at radius 1 is 1.35 bits per heavy atom. The Hall–Kier alpha value is -1.98. The van der Waals surface area contributed by atoms with E-state index in [-0.39, 0.29) is 16.8 Å². The molecule has 94 valence electrons. The third-order valence-electron chi connectivity index (χ3n) is 2.03. The smallest absolute Gasteiger partial charge is 0.339 e. The lowest BCUT2D eigenvalue weighted by Crippen LogP contribution is -2.43. The quantitative estimate of drug-likeness (QED) is 0.635. The predicted molar refractivity (Wildman–Crippen MR) is 64.4 cm³/mol. The molecule has 6 heteroatoms. The Labute approximate surface area is 99.4 Å². The van der Waals surface area contributed by atoms with Crippen molar-refractivity contribution in [2.24, 2.45) is 0 Å². The topological polar surface area (TPSA) is 94.2 Å². The summed E-state index contributed by atoms with van der Waals surface area (Å²) < 4.78 is 0. The van der Waals surface area contributed by atoms with Crippen LogP contribution in [0.4, 0.5) is 10.5 Å². The lowest BCUT2D eigenvalue weighted by Gasteiger charge is -2.20. The summed E-state index contributed by atoms with van der Waals surface area (Å²) in [7, 11) is 0. The molecule has 0 radical (unpaired) electrons. The van der Waals surface area contributed by atoms with E-state index in [2.05, 4.69) is 15.6 Å². The van der Waals surface area contributed by atoms with E-state index in [0.717, 1.165) is 0 Å². The maximum atomic E-state index is 11.6. The van der Waals surface area contributed by atoms with Gasteiger partial charge in [0.05, 0.1) is 5.69 Å². The molecule has 0 aromatic carbocycles. The van der Waals surface area contributed by atoms with Crippen LogP contribution in [0.2, 0.25) is 0 Å². The van der Waals surface area contributed by atoms with Crippen LogP contribution < -0.4 is 10.6 Å². The third-order valence-corrected chi connectivity index (χ3v) is 2.03. The molecule has 0 spiro atoms. The van der Waals surface area contributed by atoms with Crippen LogP contribution in [-0.4, -0.2) is 27.6 Å². The number of hydrogen-bond donors (Lipinski definition) is 4. The maximum absolute atomic E-state index is 11.6. The second-order valence-corrected chi connectivity index (χ2v) is 4.84. The van der Waals surface area contributed by atoms with Crippen molar-refractivity contribution < 1.29 is 14.7 Å². The van der Waals surface area contributed by atoms with Gasteiger partial charge in [-0.25, -0.2) is 9.59 Å². The van der Waals surface area contributed by atoms with Crippen LogP contribution in [0.5, 0.6) is 0 Å². The highest BCUT2D eigenvalue weighted by molar-refractivity contribution is 6.01. The Morgan fingerprint density at radius 2 is 1.94 bits per heavy atom. The summed E-state index contributed by atoms with van der Waals surface area (Å²) in [5.41, 5.74) is 0.466. The molecule has 0 atom stereocenters. The highest BCUT2D eigenvalue weighted by Crippen LogP contribution is 2.19. The van der Waals surface area contributed by atoms with Gasteiger partial charge < -0.3 is 20.7 Å². The molecule has 4 N–H and O–H groups in total. The first-order valence-electron chi connectivity index (χ1n) is 5.21. The van der Waals surface area contributed by atoms with Gasteiger partial charge in [0.25, 0.3) is 0 Å². The van der Waals surface area contributed by atoms with Crippen molar-refractivity contribution in [2.75, 3.05) is 5.32 Å². The first-order valence-corrected chi connectivity index (χ1v) is 5.21. The monoisotopic (exact) mass is 239 g/mol. The van der Waals surface area contributed by atoms with Crippen molar-refractivity contribution in [1.29, 1.82) is 0 Å². The normalized spacial score (nSPS) is 11.1. The number of carbonyl (C=O) groups is 2. The van der Waals surface area contributed by atoms with E-state index in [1.165, 1.54) is 6.20 Å². The van der Waals surface area contributed by atoms with Gasteiger partial charge >= 0.3 is 12.0 Å². The van der Waals surface area contributed by atoms with Crippen molar-refractivity contribution in [1.82, 2.24) is 10.3 Å². The number of urea groups is 1. The first kappa shape index (κ1) is 13.1. The first-order chi connectivity index (χ1) is 7.70. The zero-order chi connectivity index (χ0) is 13.2. The number of aromatic nitrogens is 1. The molecule has 0 saturated heterocycles. The molecule has 1 aromatic heterocycles. The number of aromatic carboxylic acids is 1. The lowest BCUT2D eigenvalue weighted by atomic mass is 10.1. The van der Waals surface area contributed by atoms with Crippen LogP contribution in [0.1, 0.15) is 36.8 Å². The summed E-state index contributed by atoms with van der Waals surface area (Å²) in [6.07, 6.45) is 1.46. The second-order valence-electron chi connectivity index (χ2n) is 4.84. The van der Waals surface area contributed by atoms with E-state index in [0.29, 0.717) is 5.69 Å². The lowest BCUT2D eigenvalue weighted by molar-refractivity contribution is 0.0697. The van der Waals surface area contributed by atoms with Gasteiger partial charge in [0.2, 0.25) is 0 Å². The van der Waals surface area contributed by atoms with Crippen molar-refractivity contribution in [2.45, 2.75) is 33.2 Å². The fraction of sp³-hybridized carbons (Fsp3) is 0.455. The van der Waals surface area contributed by atoms with Gasteiger partial charge in [-0.2, -0.15) is 0 Å². The molecule has 0 aliphatic carbocycles. The van der Waals surface area contributed by atoms with E-state index in [1.807, 2.05) is 20.8 Å². The van der Waals surface area contributed by atoms with Crippen molar-refractivity contribution in [3.8, 4) is 0 Å². The Kier molecular flexibility index (Phi) is 3.45. The number of aryl methyl sites for hydroxylation is 1. The van der Waals surface area contributed by atoms with Crippen LogP contribution in [0.25, 0.3) is 0 Å². The molecule has 0 bridgehead atoms. The van der Waals surface area contributed by atoms with Gasteiger partial charge in [0.1, 0.15) is 5.56 Å². The molecule has 1 rings (SSSR count). The highest BCUT2D eigenvalue weighted by atomic mass is 16.4. The number of rotatable bonds is 2. The molecule has 0 saturated carbocycles. The molecule has 17 heavy (non-hydrogen) atoms. The van der Waals surface area contributed by atoms with Gasteiger partial charge in [-0.1, -0.05) is 0 Å². The summed E-state index contributed by atoms with van der Waals surface area (Å²) >= 11 is 0. The van der Waals surface area contributed by atoms with Gasteiger partial charge in [0, 0.05) is 17.4 Å². The molecule has 0 fully saturated rings. The fourth-order valence-electron chi connectivity index (χ4n) is 1.40. The molecule has 2 amide bonds. The average molecular weight is 239 g/mol. The second kappa shape index (κ2) is 4.48. The number of nitrogens with one attached hydrogen (secondary N) is 3. The average Bonchev–Trinajstić information content (AvgIpc) is 2.42. The molecule has 6 nitrogen and oxygen atoms in total. The van der Waals surface area contributed by atoms with E-state index in [4.69, 9.17) is 5.11 Å². The minimum atomic E-state index is -1.07. The van der Waals surface area contributed by atoms with E-state index in [9.17, 15) is 9.59 Å². The van der Waals surface area contributed by atoms with Gasteiger partial charge in [0.15, 0.2) is 0 Å². The van der Waals surface area contributed by atoms with Crippen LogP contribution in [0, 0.1) is 6.92 Å². The maximum Gasteiger partial charge on any atom is 0.339 e. The SMILES string of the molecule is Cc1[nH]cc(NC(=O)NC(C)(C)C)c1C(=O)O. The highest BCUT2D eigenvalue weighted by Gasteiger charge is 2.19. The zero-order valence-electron chi connectivity index (χ0n) is 10.3. The van der Waals surface area contributed by atoms with Crippen molar-refractivity contribution in [3.63, 3.8) is 0 Å². The Balaban J connectivity index is 2.83. The Bertz CT molecular complexity index is 443. The van der Waals surface area contributed by atoms with Crippen LogP contribution in [-0.2, 0) is 0 Å². The summed E-state index contributed by atoms with van der Waals surface area (Å²) in [6.45, 7) is 7.16. The molecule has 1 heterocycles. The molecule has 0 unspecified atom stereocenters. The van der Waals surface area contributed by atoms with Gasteiger partial charge in [-0.05, 0) is 27.7 Å². The summed E-state index contributed by atoms with van der Waals surface area (Å²) in [6, 6.07) is -0.431. The van der Waals surface area contributed by atoms with Crippen LogP contribution in [0.3, 0.4) is 0 Å². The number of aromatic amines is 1. The standard InChI is InChI=1S/C11H17N3O3/c1-6-8(9(15)16)7(5-12-6)13-10(17)14-11(2,3)4/h5,12H,1-4H3,(H,15,16)(H2,13,14,17).